The molecule has 0 saturated carbocycles. The predicted octanol–water partition coefficient (Wildman–Crippen LogP) is -0.0972. The van der Waals surface area contributed by atoms with Gasteiger partial charge in [-0.15, -0.1) is 0 Å². The fourth-order valence-electron chi connectivity index (χ4n) is 2.19. The van der Waals surface area contributed by atoms with Gasteiger partial charge >= 0.3 is 0 Å². The van der Waals surface area contributed by atoms with Crippen molar-refractivity contribution in [2.75, 3.05) is 40.3 Å². The predicted molar refractivity (Wildman–Crippen MR) is 67.8 cm³/mol. The molecule has 17 heavy (non-hydrogen) atoms. The summed E-state index contributed by atoms with van der Waals surface area (Å²) in [5.41, 5.74) is 5.49. The number of rotatable bonds is 4. The molecule has 1 aliphatic rings. The van der Waals surface area contributed by atoms with Crippen LogP contribution in [-0.2, 0) is 9.53 Å². The average molecular weight is 243 g/mol. The number of amides is 1. The summed E-state index contributed by atoms with van der Waals surface area (Å²) < 4.78 is 5.85. The number of morpholine rings is 1. The molecule has 0 aromatic carbocycles. The molecule has 5 nitrogen and oxygen atoms in total. The molecule has 5 heteroatoms. The Morgan fingerprint density at radius 2 is 2.18 bits per heavy atom. The molecular weight excluding hydrogens is 218 g/mol. The van der Waals surface area contributed by atoms with Crippen LogP contribution < -0.4 is 5.73 Å². The smallest absolute Gasteiger partial charge is 0.223 e. The van der Waals surface area contributed by atoms with Crippen LogP contribution >= 0.6 is 0 Å². The summed E-state index contributed by atoms with van der Waals surface area (Å²) in [6.07, 6.45) is 0.633. The maximum absolute atomic E-state index is 11.5. The number of nitrogens with zero attached hydrogens (tertiary/aromatic N) is 2. The molecule has 0 spiro atoms. The van der Waals surface area contributed by atoms with Gasteiger partial charge in [-0.2, -0.15) is 0 Å². The molecule has 1 unspecified atom stereocenters. The summed E-state index contributed by atoms with van der Waals surface area (Å²) in [7, 11) is 3.57. The maximum Gasteiger partial charge on any atom is 0.223 e. The Hall–Kier alpha value is -0.650. The topological polar surface area (TPSA) is 58.8 Å². The lowest BCUT2D eigenvalue weighted by Crippen LogP contribution is -2.55. The lowest BCUT2D eigenvalue weighted by molar-refractivity contribution is -0.138. The van der Waals surface area contributed by atoms with Gasteiger partial charge in [0.2, 0.25) is 5.91 Å². The number of hydrogen-bond acceptors (Lipinski definition) is 4. The minimum atomic E-state index is -0.177. The van der Waals surface area contributed by atoms with E-state index in [-0.39, 0.29) is 17.6 Å². The van der Waals surface area contributed by atoms with Crippen molar-refractivity contribution in [1.82, 2.24) is 9.80 Å². The van der Waals surface area contributed by atoms with E-state index < -0.39 is 0 Å². The Morgan fingerprint density at radius 1 is 1.53 bits per heavy atom. The second-order valence-electron chi connectivity index (χ2n) is 5.51. The zero-order valence-electron chi connectivity index (χ0n) is 11.4. The van der Waals surface area contributed by atoms with Crippen LogP contribution in [0.3, 0.4) is 0 Å². The van der Waals surface area contributed by atoms with E-state index in [4.69, 9.17) is 10.5 Å². The third-order valence-corrected chi connectivity index (χ3v) is 2.96. The van der Waals surface area contributed by atoms with Gasteiger partial charge in [0.05, 0.1) is 11.7 Å². The first-order valence-corrected chi connectivity index (χ1v) is 6.14. The highest BCUT2D eigenvalue weighted by Gasteiger charge is 2.32. The molecule has 0 aliphatic carbocycles. The van der Waals surface area contributed by atoms with Crippen LogP contribution in [0.2, 0.25) is 0 Å². The zero-order chi connectivity index (χ0) is 13.1. The van der Waals surface area contributed by atoms with Crippen LogP contribution in [0.25, 0.3) is 0 Å². The lowest BCUT2D eigenvalue weighted by atomic mass is 10.0. The maximum atomic E-state index is 11.5. The van der Waals surface area contributed by atoms with Crippen molar-refractivity contribution in [3.8, 4) is 0 Å². The van der Waals surface area contributed by atoms with Crippen LogP contribution in [0.5, 0.6) is 0 Å². The Balaban J connectivity index is 2.45. The zero-order valence-corrected chi connectivity index (χ0v) is 11.4. The first-order chi connectivity index (χ1) is 7.84. The van der Waals surface area contributed by atoms with Gasteiger partial charge in [-0.3, -0.25) is 9.69 Å². The molecule has 0 aromatic rings. The molecule has 0 aromatic heterocycles. The van der Waals surface area contributed by atoms with Crippen molar-refractivity contribution in [1.29, 1.82) is 0 Å². The van der Waals surface area contributed by atoms with Crippen molar-refractivity contribution in [2.24, 2.45) is 5.73 Å². The van der Waals surface area contributed by atoms with Crippen LogP contribution in [0.1, 0.15) is 20.3 Å². The minimum Gasteiger partial charge on any atom is -0.368 e. The van der Waals surface area contributed by atoms with Crippen molar-refractivity contribution in [2.45, 2.75) is 32.0 Å². The molecule has 1 amide bonds. The molecule has 1 atom stereocenters. The first-order valence-electron chi connectivity index (χ1n) is 6.14. The van der Waals surface area contributed by atoms with E-state index in [1.54, 1.807) is 19.0 Å². The molecule has 1 saturated heterocycles. The molecular formula is C12H25N3O2. The van der Waals surface area contributed by atoms with E-state index in [0.29, 0.717) is 13.0 Å². The number of hydrogen-bond donors (Lipinski definition) is 1. The van der Waals surface area contributed by atoms with Gasteiger partial charge in [0.25, 0.3) is 0 Å². The van der Waals surface area contributed by atoms with E-state index in [0.717, 1.165) is 19.6 Å². The number of carbonyl (C=O) groups excluding carboxylic acids is 1. The van der Waals surface area contributed by atoms with E-state index in [9.17, 15) is 4.79 Å². The van der Waals surface area contributed by atoms with E-state index in [1.165, 1.54) is 0 Å². The van der Waals surface area contributed by atoms with Gasteiger partial charge < -0.3 is 15.4 Å². The number of carbonyl (C=O) groups is 1. The highest BCUT2D eigenvalue weighted by molar-refractivity contribution is 5.75. The summed E-state index contributed by atoms with van der Waals surface area (Å²) in [6, 6.07) is 0. The monoisotopic (exact) mass is 243 g/mol. The summed E-state index contributed by atoms with van der Waals surface area (Å²) in [5.74, 6) is 0.165. The Morgan fingerprint density at radius 3 is 2.71 bits per heavy atom. The summed E-state index contributed by atoms with van der Waals surface area (Å²) >= 11 is 0. The highest BCUT2D eigenvalue weighted by atomic mass is 16.5. The lowest BCUT2D eigenvalue weighted by Gasteiger charge is -2.42. The Labute approximate surface area is 104 Å². The molecule has 1 fully saturated rings. The van der Waals surface area contributed by atoms with Crippen molar-refractivity contribution in [3.05, 3.63) is 0 Å². The molecule has 1 rings (SSSR count). The van der Waals surface area contributed by atoms with Gasteiger partial charge in [-0.1, -0.05) is 0 Å². The summed E-state index contributed by atoms with van der Waals surface area (Å²) in [5, 5.41) is 0. The van der Waals surface area contributed by atoms with Gasteiger partial charge in [-0.25, -0.2) is 0 Å². The van der Waals surface area contributed by atoms with E-state index >= 15 is 0 Å². The second-order valence-corrected chi connectivity index (χ2v) is 5.51. The Bertz CT molecular complexity index is 266. The van der Waals surface area contributed by atoms with Crippen molar-refractivity contribution >= 4 is 5.91 Å². The van der Waals surface area contributed by atoms with Gasteiger partial charge in [0.1, 0.15) is 0 Å². The minimum absolute atomic E-state index is 0.0770. The van der Waals surface area contributed by atoms with Crippen molar-refractivity contribution < 1.29 is 9.53 Å². The van der Waals surface area contributed by atoms with Gasteiger partial charge in [0.15, 0.2) is 0 Å². The third-order valence-electron chi connectivity index (χ3n) is 2.96. The van der Waals surface area contributed by atoms with E-state index in [2.05, 4.69) is 18.7 Å². The van der Waals surface area contributed by atoms with Crippen LogP contribution in [0.15, 0.2) is 0 Å². The molecule has 100 valence electrons. The first kappa shape index (κ1) is 14.4. The average Bonchev–Trinajstić information content (AvgIpc) is 2.23. The van der Waals surface area contributed by atoms with Crippen LogP contribution in [0, 0.1) is 0 Å². The fraction of sp³-hybridized carbons (Fsp3) is 0.917. The third kappa shape index (κ3) is 4.61. The van der Waals surface area contributed by atoms with Crippen LogP contribution in [-0.4, -0.2) is 67.7 Å². The highest BCUT2D eigenvalue weighted by Crippen LogP contribution is 2.20. The van der Waals surface area contributed by atoms with E-state index in [1.807, 2.05) is 0 Å². The largest absolute Gasteiger partial charge is 0.368 e. The normalized spacial score (nSPS) is 24.6. The van der Waals surface area contributed by atoms with Crippen molar-refractivity contribution in [3.63, 3.8) is 0 Å². The molecule has 2 N–H and O–H groups in total. The number of ether oxygens (including phenoxy) is 1. The Kier molecular flexibility index (Phi) is 4.91. The quantitative estimate of drug-likeness (QED) is 0.749. The summed E-state index contributed by atoms with van der Waals surface area (Å²) in [6.45, 7) is 7.11. The summed E-state index contributed by atoms with van der Waals surface area (Å²) in [4.78, 5) is 15.4. The SMILES string of the molecule is CN(C)C(=O)CCN1CC(CN)OC(C)(C)C1. The molecule has 0 radical (unpaired) electrons. The molecule has 1 aliphatic heterocycles. The number of nitrogens with two attached hydrogens (primary N) is 1. The van der Waals surface area contributed by atoms with Gasteiger partial charge in [-0.05, 0) is 13.8 Å². The molecule has 1 heterocycles. The molecule has 0 bridgehead atoms. The fourth-order valence-corrected chi connectivity index (χ4v) is 2.19. The standard InChI is InChI=1S/C12H25N3O2/c1-12(2)9-15(8-10(7-13)17-12)6-5-11(16)14(3)4/h10H,5-9,13H2,1-4H3. The van der Waals surface area contributed by atoms with Gasteiger partial charge in [0, 0.05) is 46.7 Å². The second kappa shape index (κ2) is 5.80. The van der Waals surface area contributed by atoms with Crippen LogP contribution in [0.4, 0.5) is 0 Å².